The van der Waals surface area contributed by atoms with Crippen molar-refractivity contribution in [3.05, 3.63) is 58.3 Å². The van der Waals surface area contributed by atoms with Crippen LogP contribution in [0, 0.1) is 5.82 Å². The first-order valence-electron chi connectivity index (χ1n) is 7.87. The van der Waals surface area contributed by atoms with Gasteiger partial charge in [0.2, 0.25) is 11.8 Å². The zero-order valence-electron chi connectivity index (χ0n) is 14.1. The van der Waals surface area contributed by atoms with E-state index in [2.05, 4.69) is 10.3 Å². The van der Waals surface area contributed by atoms with Crippen LogP contribution in [0.4, 0.5) is 15.8 Å². The number of nitrogens with zero attached hydrogens (tertiary/aromatic N) is 2. The molecule has 1 aliphatic rings. The van der Waals surface area contributed by atoms with Crippen molar-refractivity contribution in [3.63, 3.8) is 0 Å². The lowest BCUT2D eigenvalue weighted by molar-refractivity contribution is -0.128. The molecule has 0 aromatic heterocycles. The van der Waals surface area contributed by atoms with Crippen molar-refractivity contribution in [3.8, 4) is 0 Å². The average molecular weight is 426 g/mol. The molecule has 1 N–H and O–H groups in total. The molecule has 5 nitrogen and oxygen atoms in total. The summed E-state index contributed by atoms with van der Waals surface area (Å²) in [5, 5.41) is 2.93. The van der Waals surface area contributed by atoms with Crippen LogP contribution in [0.1, 0.15) is 6.42 Å². The van der Waals surface area contributed by atoms with Gasteiger partial charge in [-0.15, -0.1) is 0 Å². The Labute approximate surface area is 169 Å². The van der Waals surface area contributed by atoms with Gasteiger partial charge in [-0.25, -0.2) is 9.38 Å². The van der Waals surface area contributed by atoms with Gasteiger partial charge in [0.25, 0.3) is 0 Å². The van der Waals surface area contributed by atoms with Crippen LogP contribution in [0.5, 0.6) is 0 Å². The van der Waals surface area contributed by atoms with Crippen LogP contribution in [0.25, 0.3) is 0 Å². The van der Waals surface area contributed by atoms with E-state index in [0.717, 1.165) is 11.8 Å². The molecule has 2 amide bonds. The number of thioether (sulfide) groups is 1. The van der Waals surface area contributed by atoms with E-state index in [1.54, 1.807) is 31.3 Å². The molecule has 2 aromatic rings. The monoisotopic (exact) mass is 425 g/mol. The zero-order valence-corrected chi connectivity index (χ0v) is 16.4. The molecule has 1 aliphatic heterocycles. The normalized spacial score (nSPS) is 18.7. The van der Waals surface area contributed by atoms with Crippen molar-refractivity contribution in [2.24, 2.45) is 4.99 Å². The maximum Gasteiger partial charge on any atom is 0.238 e. The fraction of sp³-hybridized carbons (Fsp3) is 0.167. The van der Waals surface area contributed by atoms with E-state index < -0.39 is 17.0 Å². The summed E-state index contributed by atoms with van der Waals surface area (Å²) < 4.78 is 13.8. The Kier molecular flexibility index (Phi) is 6.04. The van der Waals surface area contributed by atoms with Crippen molar-refractivity contribution in [2.45, 2.75) is 11.7 Å². The van der Waals surface area contributed by atoms with E-state index in [1.807, 2.05) is 0 Å². The van der Waals surface area contributed by atoms with Crippen molar-refractivity contribution in [2.75, 3.05) is 12.4 Å². The third-order valence-corrected chi connectivity index (χ3v) is 5.44. The molecule has 0 saturated carbocycles. The molecule has 0 spiro atoms. The second-order valence-electron chi connectivity index (χ2n) is 5.75. The second-order valence-corrected chi connectivity index (χ2v) is 7.80. The van der Waals surface area contributed by atoms with Gasteiger partial charge < -0.3 is 5.32 Å². The predicted octanol–water partition coefficient (Wildman–Crippen LogP) is 4.72. The highest BCUT2D eigenvalue weighted by Gasteiger charge is 2.34. The average Bonchev–Trinajstić information content (AvgIpc) is 2.59. The van der Waals surface area contributed by atoms with Gasteiger partial charge in [0.1, 0.15) is 11.1 Å². The number of halogens is 3. The summed E-state index contributed by atoms with van der Waals surface area (Å²) in [4.78, 5) is 30.6. The first-order chi connectivity index (χ1) is 12.8. The van der Waals surface area contributed by atoms with E-state index in [9.17, 15) is 14.0 Å². The zero-order chi connectivity index (χ0) is 19.6. The predicted molar refractivity (Wildman–Crippen MR) is 107 cm³/mol. The molecule has 1 saturated heterocycles. The van der Waals surface area contributed by atoms with E-state index in [4.69, 9.17) is 23.2 Å². The summed E-state index contributed by atoms with van der Waals surface area (Å²) in [5.74, 6) is -1.28. The summed E-state index contributed by atoms with van der Waals surface area (Å²) in [7, 11) is 1.57. The maximum absolute atomic E-state index is 13.8. The van der Waals surface area contributed by atoms with Gasteiger partial charge >= 0.3 is 0 Å². The minimum Gasteiger partial charge on any atom is -0.323 e. The van der Waals surface area contributed by atoms with Crippen LogP contribution < -0.4 is 5.32 Å². The molecule has 0 radical (unpaired) electrons. The van der Waals surface area contributed by atoms with Crippen LogP contribution in [0.2, 0.25) is 10.0 Å². The van der Waals surface area contributed by atoms with Crippen LogP contribution >= 0.6 is 35.0 Å². The van der Waals surface area contributed by atoms with Crippen molar-refractivity contribution < 1.29 is 14.0 Å². The molecule has 1 fully saturated rings. The van der Waals surface area contributed by atoms with Gasteiger partial charge in [-0.2, -0.15) is 0 Å². The molecular formula is C18H14Cl2FN3O2S. The van der Waals surface area contributed by atoms with Gasteiger partial charge in [-0.05, 0) is 30.3 Å². The summed E-state index contributed by atoms with van der Waals surface area (Å²) in [6, 6.07) is 10.6. The number of nitrogens with one attached hydrogen (secondary N) is 1. The van der Waals surface area contributed by atoms with Crippen LogP contribution in [0.3, 0.4) is 0 Å². The Morgan fingerprint density at radius 3 is 2.59 bits per heavy atom. The minimum absolute atomic E-state index is 0.0171. The summed E-state index contributed by atoms with van der Waals surface area (Å²) in [5.41, 5.74) is 0.527. The first kappa shape index (κ1) is 19.7. The maximum atomic E-state index is 13.8. The van der Waals surface area contributed by atoms with Gasteiger partial charge in [0, 0.05) is 23.5 Å². The molecule has 1 heterocycles. The van der Waals surface area contributed by atoms with E-state index in [1.165, 1.54) is 23.1 Å². The second kappa shape index (κ2) is 8.29. The highest BCUT2D eigenvalue weighted by Crippen LogP contribution is 2.31. The minimum atomic E-state index is -0.735. The summed E-state index contributed by atoms with van der Waals surface area (Å²) in [6.45, 7) is 0. The first-order valence-corrected chi connectivity index (χ1v) is 9.50. The standard InChI is InChI=1S/C18H14Cl2FN3O2S/c1-24-16(25)9-15(17(26)23-14-5-3-2-4-13(14)21)27-18(24)22-12-7-10(19)6-11(20)8-12/h2-8,15H,9H2,1H3,(H,23,26). The van der Waals surface area contributed by atoms with Gasteiger partial charge in [-0.3, -0.25) is 14.5 Å². The van der Waals surface area contributed by atoms with Crippen LogP contribution in [0.15, 0.2) is 47.5 Å². The molecule has 9 heteroatoms. The number of para-hydroxylation sites is 1. The highest BCUT2D eigenvalue weighted by molar-refractivity contribution is 8.15. The number of aliphatic imine (C=N–C) groups is 1. The number of hydrogen-bond donors (Lipinski definition) is 1. The molecule has 27 heavy (non-hydrogen) atoms. The lowest BCUT2D eigenvalue weighted by Gasteiger charge is -2.28. The SMILES string of the molecule is CN1C(=O)CC(C(=O)Nc2ccccc2F)SC1=Nc1cc(Cl)cc(Cl)c1. The van der Waals surface area contributed by atoms with E-state index in [-0.39, 0.29) is 18.0 Å². The molecule has 1 unspecified atom stereocenters. The molecule has 1 atom stereocenters. The number of hydrogen-bond acceptors (Lipinski definition) is 4. The number of amides is 2. The van der Waals surface area contributed by atoms with Crippen LogP contribution in [-0.2, 0) is 9.59 Å². The Bertz CT molecular complexity index is 918. The fourth-order valence-corrected chi connectivity index (χ4v) is 3.97. The molecule has 140 valence electrons. The number of amidine groups is 1. The topological polar surface area (TPSA) is 61.8 Å². The number of benzene rings is 2. The van der Waals surface area contributed by atoms with Crippen molar-refractivity contribution in [1.82, 2.24) is 4.90 Å². The van der Waals surface area contributed by atoms with Crippen molar-refractivity contribution in [1.29, 1.82) is 0 Å². The number of rotatable bonds is 3. The fourth-order valence-electron chi connectivity index (χ4n) is 2.39. The van der Waals surface area contributed by atoms with Crippen LogP contribution in [-0.4, -0.2) is 34.2 Å². The number of anilines is 1. The third kappa shape index (κ3) is 4.80. The van der Waals surface area contributed by atoms with E-state index >= 15 is 0 Å². The summed E-state index contributed by atoms with van der Waals surface area (Å²) >= 11 is 13.1. The molecule has 3 rings (SSSR count). The van der Waals surface area contributed by atoms with Gasteiger partial charge in [0.05, 0.1) is 11.4 Å². The molecular weight excluding hydrogens is 412 g/mol. The van der Waals surface area contributed by atoms with Gasteiger partial charge in [-0.1, -0.05) is 47.1 Å². The molecule has 0 aliphatic carbocycles. The quantitative estimate of drug-likeness (QED) is 0.773. The van der Waals surface area contributed by atoms with E-state index in [0.29, 0.717) is 20.9 Å². The number of carbonyl (C=O) groups is 2. The Morgan fingerprint density at radius 1 is 1.26 bits per heavy atom. The molecule has 2 aromatic carbocycles. The van der Waals surface area contributed by atoms with Crippen molar-refractivity contribution >= 4 is 63.3 Å². The third-order valence-electron chi connectivity index (χ3n) is 3.76. The summed E-state index contributed by atoms with van der Waals surface area (Å²) in [6.07, 6.45) is -0.0171. The number of carbonyl (C=O) groups excluding carboxylic acids is 2. The highest BCUT2D eigenvalue weighted by atomic mass is 35.5. The smallest absolute Gasteiger partial charge is 0.238 e. The Balaban J connectivity index is 1.82. The van der Waals surface area contributed by atoms with Gasteiger partial charge in [0.15, 0.2) is 5.17 Å². The lowest BCUT2D eigenvalue weighted by Crippen LogP contribution is -2.43. The lowest BCUT2D eigenvalue weighted by atomic mass is 10.2. The Hall–Kier alpha value is -2.09. The Morgan fingerprint density at radius 2 is 1.93 bits per heavy atom. The largest absolute Gasteiger partial charge is 0.323 e. The molecule has 0 bridgehead atoms.